The Hall–Kier alpha value is -2.53. The lowest BCUT2D eigenvalue weighted by Gasteiger charge is -2.28. The van der Waals surface area contributed by atoms with E-state index in [1.54, 1.807) is 0 Å². The number of fused-ring (bicyclic) bond motifs is 1. The first kappa shape index (κ1) is 17.9. The molecular formula is C22H28N4O. The minimum absolute atomic E-state index is 0.760. The zero-order chi connectivity index (χ0) is 19.0. The Labute approximate surface area is 160 Å². The fourth-order valence-corrected chi connectivity index (χ4v) is 3.82. The van der Waals surface area contributed by atoms with Crippen LogP contribution in [0.4, 0.5) is 11.6 Å². The smallest absolute Gasteiger partial charge is 0.153 e. The van der Waals surface area contributed by atoms with Crippen molar-refractivity contribution >= 4 is 22.5 Å². The highest BCUT2D eigenvalue weighted by molar-refractivity contribution is 5.94. The van der Waals surface area contributed by atoms with Crippen molar-refractivity contribution in [2.45, 2.75) is 34.2 Å². The molecule has 3 aromatic rings. The van der Waals surface area contributed by atoms with Gasteiger partial charge in [-0.15, -0.1) is 0 Å². The third-order valence-electron chi connectivity index (χ3n) is 5.70. The number of aryl methyl sites for hydroxylation is 4. The number of nitrogens with zero attached hydrogens (tertiary/aromatic N) is 2. The summed E-state index contributed by atoms with van der Waals surface area (Å²) in [4.78, 5) is 10.8. The van der Waals surface area contributed by atoms with Crippen LogP contribution in [0.1, 0.15) is 27.9 Å². The van der Waals surface area contributed by atoms with Gasteiger partial charge >= 0.3 is 0 Å². The van der Waals surface area contributed by atoms with Gasteiger partial charge in [-0.2, -0.15) is 0 Å². The zero-order valence-electron chi connectivity index (χ0n) is 16.6. The van der Waals surface area contributed by atoms with Gasteiger partial charge in [-0.25, -0.2) is 4.98 Å². The van der Waals surface area contributed by atoms with Crippen LogP contribution in [0.3, 0.4) is 0 Å². The zero-order valence-corrected chi connectivity index (χ0v) is 16.6. The fraction of sp³-hybridized carbons (Fsp3) is 0.409. The standard InChI is InChI=1S/C22H28N4O/c1-14-6-5-7-15(2)19(14)13-23-22-21-18(16(3)17(4)24-21)12-20(25-22)26-8-10-27-11-9-26/h5-7,12,24H,8-11,13H2,1-4H3,(H,23,25). The summed E-state index contributed by atoms with van der Waals surface area (Å²) in [6.07, 6.45) is 0. The van der Waals surface area contributed by atoms with Crippen molar-refractivity contribution in [2.24, 2.45) is 0 Å². The average molecular weight is 364 g/mol. The predicted octanol–water partition coefficient (Wildman–Crippen LogP) is 4.25. The highest BCUT2D eigenvalue weighted by Gasteiger charge is 2.18. The van der Waals surface area contributed by atoms with Gasteiger partial charge in [0.05, 0.1) is 18.7 Å². The molecule has 1 fully saturated rings. The molecule has 5 heteroatoms. The van der Waals surface area contributed by atoms with Gasteiger partial charge in [0.15, 0.2) is 5.82 Å². The van der Waals surface area contributed by atoms with E-state index >= 15 is 0 Å². The number of anilines is 2. The summed E-state index contributed by atoms with van der Waals surface area (Å²) < 4.78 is 5.51. The van der Waals surface area contributed by atoms with Crippen LogP contribution in [0, 0.1) is 27.7 Å². The first-order valence-electron chi connectivity index (χ1n) is 9.66. The molecule has 0 amide bonds. The van der Waals surface area contributed by atoms with Crippen LogP contribution in [0.25, 0.3) is 10.9 Å². The summed E-state index contributed by atoms with van der Waals surface area (Å²) >= 11 is 0. The van der Waals surface area contributed by atoms with Gasteiger partial charge in [0.25, 0.3) is 0 Å². The minimum Gasteiger partial charge on any atom is -0.378 e. The predicted molar refractivity (Wildman–Crippen MR) is 112 cm³/mol. The lowest BCUT2D eigenvalue weighted by atomic mass is 10.0. The van der Waals surface area contributed by atoms with Crippen molar-refractivity contribution in [3.63, 3.8) is 0 Å². The quantitative estimate of drug-likeness (QED) is 0.727. The topological polar surface area (TPSA) is 53.2 Å². The van der Waals surface area contributed by atoms with Gasteiger partial charge in [0.2, 0.25) is 0 Å². The molecule has 142 valence electrons. The van der Waals surface area contributed by atoms with Gasteiger partial charge in [-0.05, 0) is 56.0 Å². The summed E-state index contributed by atoms with van der Waals surface area (Å²) in [7, 11) is 0. The number of pyridine rings is 1. The Morgan fingerprint density at radius 2 is 1.81 bits per heavy atom. The van der Waals surface area contributed by atoms with E-state index in [1.165, 1.54) is 33.3 Å². The monoisotopic (exact) mass is 364 g/mol. The van der Waals surface area contributed by atoms with Crippen LogP contribution in [0.5, 0.6) is 0 Å². The molecule has 5 nitrogen and oxygen atoms in total. The second-order valence-electron chi connectivity index (χ2n) is 7.45. The first-order valence-corrected chi connectivity index (χ1v) is 9.66. The maximum atomic E-state index is 5.51. The largest absolute Gasteiger partial charge is 0.378 e. The Kier molecular flexibility index (Phi) is 4.79. The number of hydrogen-bond donors (Lipinski definition) is 2. The molecule has 3 heterocycles. The number of nitrogens with one attached hydrogen (secondary N) is 2. The highest BCUT2D eigenvalue weighted by Crippen LogP contribution is 2.31. The second kappa shape index (κ2) is 7.24. The molecule has 1 aromatic carbocycles. The van der Waals surface area contributed by atoms with Crippen molar-refractivity contribution in [1.29, 1.82) is 0 Å². The third-order valence-corrected chi connectivity index (χ3v) is 5.70. The highest BCUT2D eigenvalue weighted by atomic mass is 16.5. The number of H-pyrrole nitrogens is 1. The second-order valence-corrected chi connectivity index (χ2v) is 7.45. The van der Waals surface area contributed by atoms with Gasteiger partial charge in [0, 0.05) is 30.7 Å². The summed E-state index contributed by atoms with van der Waals surface area (Å²) in [5.74, 6) is 1.95. The van der Waals surface area contributed by atoms with E-state index in [2.05, 4.69) is 67.2 Å². The van der Waals surface area contributed by atoms with E-state index < -0.39 is 0 Å². The number of aromatic amines is 1. The summed E-state index contributed by atoms with van der Waals surface area (Å²) in [6, 6.07) is 8.66. The summed E-state index contributed by atoms with van der Waals surface area (Å²) in [5, 5.41) is 4.85. The van der Waals surface area contributed by atoms with Crippen molar-refractivity contribution in [1.82, 2.24) is 9.97 Å². The molecule has 0 saturated carbocycles. The Bertz CT molecular complexity index is 950. The molecule has 2 aromatic heterocycles. The van der Waals surface area contributed by atoms with Crippen LogP contribution in [-0.4, -0.2) is 36.3 Å². The number of morpholine rings is 1. The Balaban J connectivity index is 1.72. The summed E-state index contributed by atoms with van der Waals surface area (Å²) in [6.45, 7) is 12.7. The maximum Gasteiger partial charge on any atom is 0.153 e. The molecule has 0 radical (unpaired) electrons. The molecule has 1 aliphatic heterocycles. The van der Waals surface area contributed by atoms with Crippen LogP contribution in [0.2, 0.25) is 0 Å². The number of benzene rings is 1. The Morgan fingerprint density at radius 3 is 2.52 bits per heavy atom. The van der Waals surface area contributed by atoms with Crippen LogP contribution in [0.15, 0.2) is 24.3 Å². The SMILES string of the molecule is Cc1cccc(C)c1CNc1nc(N2CCOCC2)cc2c(C)c(C)[nH]c12. The molecule has 0 aliphatic carbocycles. The number of aromatic nitrogens is 2. The molecule has 2 N–H and O–H groups in total. The fourth-order valence-electron chi connectivity index (χ4n) is 3.82. The molecule has 27 heavy (non-hydrogen) atoms. The van der Waals surface area contributed by atoms with Crippen LogP contribution in [-0.2, 0) is 11.3 Å². The summed E-state index contributed by atoms with van der Waals surface area (Å²) in [5.41, 5.74) is 7.53. The number of hydrogen-bond acceptors (Lipinski definition) is 4. The minimum atomic E-state index is 0.760. The normalized spacial score (nSPS) is 14.7. The van der Waals surface area contributed by atoms with Crippen molar-refractivity contribution in [3.05, 3.63) is 52.2 Å². The van der Waals surface area contributed by atoms with Crippen LogP contribution < -0.4 is 10.2 Å². The van der Waals surface area contributed by atoms with Gasteiger partial charge < -0.3 is 19.9 Å². The molecule has 0 bridgehead atoms. The van der Waals surface area contributed by atoms with E-state index in [0.717, 1.165) is 50.0 Å². The van der Waals surface area contributed by atoms with Gasteiger partial charge in [-0.1, -0.05) is 18.2 Å². The van der Waals surface area contributed by atoms with Crippen molar-refractivity contribution < 1.29 is 4.74 Å². The molecule has 1 saturated heterocycles. The lowest BCUT2D eigenvalue weighted by molar-refractivity contribution is 0.122. The Morgan fingerprint density at radius 1 is 1.11 bits per heavy atom. The van der Waals surface area contributed by atoms with E-state index in [4.69, 9.17) is 9.72 Å². The van der Waals surface area contributed by atoms with E-state index in [9.17, 15) is 0 Å². The van der Waals surface area contributed by atoms with E-state index in [0.29, 0.717) is 0 Å². The maximum absolute atomic E-state index is 5.51. The van der Waals surface area contributed by atoms with Crippen molar-refractivity contribution in [3.8, 4) is 0 Å². The molecule has 4 rings (SSSR count). The molecular weight excluding hydrogens is 336 g/mol. The number of rotatable bonds is 4. The first-order chi connectivity index (χ1) is 13.0. The molecule has 0 spiro atoms. The third kappa shape index (κ3) is 3.39. The molecule has 0 atom stereocenters. The molecule has 0 unspecified atom stereocenters. The van der Waals surface area contributed by atoms with Gasteiger partial charge in [-0.3, -0.25) is 0 Å². The molecule has 1 aliphatic rings. The average Bonchev–Trinajstić information content (AvgIpc) is 2.96. The van der Waals surface area contributed by atoms with Gasteiger partial charge in [0.1, 0.15) is 5.82 Å². The number of ether oxygens (including phenoxy) is 1. The van der Waals surface area contributed by atoms with E-state index in [-0.39, 0.29) is 0 Å². The lowest BCUT2D eigenvalue weighted by Crippen LogP contribution is -2.36. The van der Waals surface area contributed by atoms with Crippen LogP contribution >= 0.6 is 0 Å². The van der Waals surface area contributed by atoms with Crippen molar-refractivity contribution in [2.75, 3.05) is 36.5 Å². The van der Waals surface area contributed by atoms with E-state index in [1.807, 2.05) is 0 Å².